The Labute approximate surface area is 71.1 Å². The van der Waals surface area contributed by atoms with Crippen molar-refractivity contribution in [2.75, 3.05) is 13.2 Å². The van der Waals surface area contributed by atoms with Crippen LogP contribution in [0.15, 0.2) is 12.2 Å². The first-order valence-electron chi connectivity index (χ1n) is 3.65. The molecule has 0 bridgehead atoms. The molecule has 0 unspecified atom stereocenters. The maximum absolute atomic E-state index is 10.1. The molecule has 0 aliphatic rings. The number of aliphatic hydroxyl groups is 2. The lowest BCUT2D eigenvalue weighted by molar-refractivity contribution is -0.131. The van der Waals surface area contributed by atoms with E-state index < -0.39 is 11.4 Å². The van der Waals surface area contributed by atoms with E-state index in [1.807, 2.05) is 0 Å². The highest BCUT2D eigenvalue weighted by Gasteiger charge is 2.20. The quantitative estimate of drug-likeness (QED) is 0.513. The van der Waals surface area contributed by atoms with Crippen molar-refractivity contribution < 1.29 is 20.1 Å². The summed E-state index contributed by atoms with van der Waals surface area (Å²) in [5.74, 6) is -1.02. The van der Waals surface area contributed by atoms with Gasteiger partial charge in [-0.2, -0.15) is 0 Å². The molecule has 0 heterocycles. The summed E-state index contributed by atoms with van der Waals surface area (Å²) >= 11 is 0. The largest absolute Gasteiger partial charge is 0.478 e. The van der Waals surface area contributed by atoms with E-state index in [-0.39, 0.29) is 13.2 Å². The molecule has 0 aliphatic carbocycles. The third-order valence-electron chi connectivity index (χ3n) is 1.63. The van der Waals surface area contributed by atoms with Crippen LogP contribution in [0.3, 0.4) is 0 Å². The van der Waals surface area contributed by atoms with Crippen molar-refractivity contribution in [3.63, 3.8) is 0 Å². The van der Waals surface area contributed by atoms with E-state index >= 15 is 0 Å². The maximum atomic E-state index is 10.1. The lowest BCUT2D eigenvalue weighted by Crippen LogP contribution is -2.25. The molecule has 70 valence electrons. The second-order valence-electron chi connectivity index (χ2n) is 3.07. The van der Waals surface area contributed by atoms with Crippen molar-refractivity contribution in [1.82, 2.24) is 0 Å². The van der Waals surface area contributed by atoms with E-state index in [0.717, 1.165) is 6.08 Å². The van der Waals surface area contributed by atoms with Gasteiger partial charge in [-0.05, 0) is 6.42 Å². The normalized spacial score (nSPS) is 12.2. The fraction of sp³-hybridized carbons (Fsp3) is 0.625. The number of aliphatic carboxylic acids is 1. The predicted molar refractivity (Wildman–Crippen MR) is 43.7 cm³/mol. The van der Waals surface area contributed by atoms with Crippen molar-refractivity contribution in [2.45, 2.75) is 13.3 Å². The molecule has 0 atom stereocenters. The third-order valence-corrected chi connectivity index (χ3v) is 1.63. The van der Waals surface area contributed by atoms with E-state index in [1.54, 1.807) is 6.92 Å². The van der Waals surface area contributed by atoms with Gasteiger partial charge in [0.15, 0.2) is 0 Å². The molecular formula is C8H14O4. The second kappa shape index (κ2) is 4.90. The average Bonchev–Trinajstić information content (AvgIpc) is 2.03. The highest BCUT2D eigenvalue weighted by atomic mass is 16.4. The van der Waals surface area contributed by atoms with Gasteiger partial charge in [0.05, 0.1) is 13.2 Å². The summed E-state index contributed by atoms with van der Waals surface area (Å²) < 4.78 is 0. The molecule has 0 spiro atoms. The van der Waals surface area contributed by atoms with Crippen LogP contribution in [0.4, 0.5) is 0 Å². The third kappa shape index (κ3) is 4.10. The lowest BCUT2D eigenvalue weighted by atomic mass is 9.89. The van der Waals surface area contributed by atoms with Gasteiger partial charge in [-0.25, -0.2) is 4.79 Å². The molecule has 0 radical (unpaired) electrons. The Morgan fingerprint density at radius 2 is 1.92 bits per heavy atom. The Bertz CT molecular complexity index is 170. The molecule has 0 amide bonds. The van der Waals surface area contributed by atoms with Gasteiger partial charge in [-0.15, -0.1) is 0 Å². The minimum Gasteiger partial charge on any atom is -0.478 e. The highest BCUT2D eigenvalue weighted by molar-refractivity contribution is 5.79. The zero-order valence-electron chi connectivity index (χ0n) is 7.03. The fourth-order valence-electron chi connectivity index (χ4n) is 0.623. The molecule has 0 saturated heterocycles. The standard InChI is InChI=1S/C8H14O4/c1-8(5-9,6-10)4-2-3-7(11)12/h2-3,9-10H,4-6H2,1H3,(H,11,12). The summed E-state index contributed by atoms with van der Waals surface area (Å²) in [6.45, 7) is 1.36. The molecule has 0 aromatic carbocycles. The van der Waals surface area contributed by atoms with Crippen LogP contribution >= 0.6 is 0 Å². The number of hydrogen-bond acceptors (Lipinski definition) is 3. The molecule has 4 heteroatoms. The number of hydrogen-bond donors (Lipinski definition) is 3. The van der Waals surface area contributed by atoms with E-state index in [0.29, 0.717) is 6.42 Å². The first-order chi connectivity index (χ1) is 5.54. The fourth-order valence-corrected chi connectivity index (χ4v) is 0.623. The Morgan fingerprint density at radius 1 is 1.42 bits per heavy atom. The smallest absolute Gasteiger partial charge is 0.327 e. The molecular weight excluding hydrogens is 160 g/mol. The number of carboxylic acids is 1. The van der Waals surface area contributed by atoms with Gasteiger partial charge in [0.2, 0.25) is 0 Å². The van der Waals surface area contributed by atoms with Crippen LogP contribution < -0.4 is 0 Å². The van der Waals surface area contributed by atoms with E-state index in [1.165, 1.54) is 6.08 Å². The number of carbonyl (C=O) groups is 1. The van der Waals surface area contributed by atoms with Crippen LogP contribution in [-0.2, 0) is 4.79 Å². The van der Waals surface area contributed by atoms with Gasteiger partial charge >= 0.3 is 5.97 Å². The van der Waals surface area contributed by atoms with Crippen LogP contribution in [0.25, 0.3) is 0 Å². The van der Waals surface area contributed by atoms with Gasteiger partial charge < -0.3 is 15.3 Å². The molecule has 0 saturated carbocycles. The summed E-state index contributed by atoms with van der Waals surface area (Å²) in [7, 11) is 0. The molecule has 3 N–H and O–H groups in total. The topological polar surface area (TPSA) is 77.8 Å². The summed E-state index contributed by atoms with van der Waals surface area (Å²) in [6.07, 6.45) is 2.78. The van der Waals surface area contributed by atoms with Crippen molar-refractivity contribution in [1.29, 1.82) is 0 Å². The summed E-state index contributed by atoms with van der Waals surface area (Å²) in [6, 6.07) is 0. The van der Waals surface area contributed by atoms with Crippen molar-refractivity contribution >= 4 is 5.97 Å². The van der Waals surface area contributed by atoms with E-state index in [4.69, 9.17) is 15.3 Å². The summed E-state index contributed by atoms with van der Waals surface area (Å²) in [5, 5.41) is 25.9. The van der Waals surface area contributed by atoms with Crippen molar-refractivity contribution in [3.8, 4) is 0 Å². The summed E-state index contributed by atoms with van der Waals surface area (Å²) in [4.78, 5) is 10.1. The lowest BCUT2D eigenvalue weighted by Gasteiger charge is -2.22. The van der Waals surface area contributed by atoms with Crippen LogP contribution in [0.2, 0.25) is 0 Å². The minimum atomic E-state index is -1.02. The molecule has 0 aromatic heterocycles. The predicted octanol–water partition coefficient (Wildman–Crippen LogP) is 0.00820. The minimum absolute atomic E-state index is 0.159. The second-order valence-corrected chi connectivity index (χ2v) is 3.07. The van der Waals surface area contributed by atoms with Crippen LogP contribution in [-0.4, -0.2) is 34.5 Å². The van der Waals surface area contributed by atoms with Gasteiger partial charge in [0.1, 0.15) is 0 Å². The van der Waals surface area contributed by atoms with Crippen LogP contribution in [0.5, 0.6) is 0 Å². The summed E-state index contributed by atoms with van der Waals surface area (Å²) in [5.41, 5.74) is -0.619. The highest BCUT2D eigenvalue weighted by Crippen LogP contribution is 2.19. The molecule has 0 rings (SSSR count). The van der Waals surface area contributed by atoms with Gasteiger partial charge in [-0.3, -0.25) is 0 Å². The SMILES string of the molecule is CC(CO)(CO)CC=CC(=O)O. The molecule has 0 aromatic rings. The number of carboxylic acid groups (broad SMARTS) is 1. The molecule has 0 aliphatic heterocycles. The van der Waals surface area contributed by atoms with E-state index in [9.17, 15) is 4.79 Å². The van der Waals surface area contributed by atoms with Crippen LogP contribution in [0.1, 0.15) is 13.3 Å². The monoisotopic (exact) mass is 174 g/mol. The Morgan fingerprint density at radius 3 is 2.25 bits per heavy atom. The Kier molecular flexibility index (Phi) is 4.54. The van der Waals surface area contributed by atoms with E-state index in [2.05, 4.69) is 0 Å². The number of aliphatic hydroxyl groups excluding tert-OH is 2. The van der Waals surface area contributed by atoms with Crippen molar-refractivity contribution in [3.05, 3.63) is 12.2 Å². The van der Waals surface area contributed by atoms with Gasteiger partial charge in [0.25, 0.3) is 0 Å². The average molecular weight is 174 g/mol. The zero-order chi connectivity index (χ0) is 9.61. The van der Waals surface area contributed by atoms with Crippen molar-refractivity contribution in [2.24, 2.45) is 5.41 Å². The maximum Gasteiger partial charge on any atom is 0.327 e. The first kappa shape index (κ1) is 11.1. The van der Waals surface area contributed by atoms with Gasteiger partial charge in [-0.1, -0.05) is 13.0 Å². The number of rotatable bonds is 5. The molecule has 4 nitrogen and oxygen atoms in total. The van der Waals surface area contributed by atoms with Crippen LogP contribution in [0, 0.1) is 5.41 Å². The Balaban J connectivity index is 3.96. The Hall–Kier alpha value is -0.870. The van der Waals surface area contributed by atoms with Gasteiger partial charge in [0, 0.05) is 11.5 Å². The zero-order valence-corrected chi connectivity index (χ0v) is 7.03. The number of allylic oxidation sites excluding steroid dienone is 1. The molecule has 0 fully saturated rings. The first-order valence-corrected chi connectivity index (χ1v) is 3.65. The molecule has 12 heavy (non-hydrogen) atoms.